The van der Waals surface area contributed by atoms with Gasteiger partial charge in [0.1, 0.15) is 0 Å². The first-order valence-electron chi connectivity index (χ1n) is 7.77. The van der Waals surface area contributed by atoms with E-state index in [1.807, 2.05) is 30.3 Å². The van der Waals surface area contributed by atoms with Crippen molar-refractivity contribution in [2.24, 2.45) is 5.92 Å². The van der Waals surface area contributed by atoms with Crippen molar-refractivity contribution in [3.05, 3.63) is 42.0 Å². The van der Waals surface area contributed by atoms with Crippen LogP contribution >= 0.6 is 0 Å². The Morgan fingerprint density at radius 1 is 1.32 bits per heavy atom. The van der Waals surface area contributed by atoms with E-state index >= 15 is 0 Å². The van der Waals surface area contributed by atoms with Gasteiger partial charge < -0.3 is 10.1 Å². The number of carbonyl (C=O) groups excluding carboxylic acids is 2. The Bertz CT molecular complexity index is 563. The number of ether oxygens (including phenoxy) is 1. The van der Waals surface area contributed by atoms with Gasteiger partial charge in [-0.15, -0.1) is 0 Å². The van der Waals surface area contributed by atoms with Crippen molar-refractivity contribution < 1.29 is 14.3 Å². The zero-order chi connectivity index (χ0) is 15.9. The standard InChI is InChI=1S/C18H23NO3/c1-13(2)15-9-5-6-10-16(15)19-17(20)12-22-18(21)11-14-7-3-4-8-14/h3,5-7,9-10,13-14H,4,8,11-12H2,1-2H3,(H,19,20)/t14-/m1/s1. The van der Waals surface area contributed by atoms with E-state index in [1.165, 1.54) is 0 Å². The molecule has 0 unspecified atom stereocenters. The van der Waals surface area contributed by atoms with Crippen LogP contribution in [-0.4, -0.2) is 18.5 Å². The Morgan fingerprint density at radius 3 is 2.77 bits per heavy atom. The monoisotopic (exact) mass is 301 g/mol. The zero-order valence-corrected chi connectivity index (χ0v) is 13.2. The minimum absolute atomic E-state index is 0.234. The quantitative estimate of drug-likeness (QED) is 0.644. The molecule has 0 heterocycles. The number of amides is 1. The summed E-state index contributed by atoms with van der Waals surface area (Å²) in [7, 11) is 0. The van der Waals surface area contributed by atoms with Crippen LogP contribution in [0.5, 0.6) is 0 Å². The van der Waals surface area contributed by atoms with Gasteiger partial charge in [0.05, 0.1) is 6.42 Å². The van der Waals surface area contributed by atoms with Crippen molar-refractivity contribution in [1.82, 2.24) is 0 Å². The Hall–Kier alpha value is -2.10. The molecule has 4 nitrogen and oxygen atoms in total. The first-order valence-corrected chi connectivity index (χ1v) is 7.77. The maximum Gasteiger partial charge on any atom is 0.306 e. The van der Waals surface area contributed by atoms with Gasteiger partial charge in [0, 0.05) is 5.69 Å². The second-order valence-corrected chi connectivity index (χ2v) is 5.92. The molecule has 0 bridgehead atoms. The minimum atomic E-state index is -0.316. The van der Waals surface area contributed by atoms with Crippen LogP contribution in [0.3, 0.4) is 0 Å². The largest absolute Gasteiger partial charge is 0.456 e. The Labute approximate surface area is 131 Å². The third-order valence-electron chi connectivity index (χ3n) is 3.76. The third-order valence-corrected chi connectivity index (χ3v) is 3.76. The molecule has 0 saturated carbocycles. The van der Waals surface area contributed by atoms with Gasteiger partial charge in [-0.1, -0.05) is 44.2 Å². The van der Waals surface area contributed by atoms with E-state index in [-0.39, 0.29) is 24.4 Å². The molecule has 0 aliphatic heterocycles. The average Bonchev–Trinajstić information content (AvgIpc) is 2.98. The predicted octanol–water partition coefficient (Wildman–Crippen LogP) is 3.65. The molecular weight excluding hydrogens is 278 g/mol. The Kier molecular flexibility index (Phi) is 5.75. The first kappa shape index (κ1) is 16.3. The summed E-state index contributed by atoms with van der Waals surface area (Å²) in [4.78, 5) is 23.6. The highest BCUT2D eigenvalue weighted by molar-refractivity contribution is 5.93. The van der Waals surface area contributed by atoms with Crippen molar-refractivity contribution in [2.75, 3.05) is 11.9 Å². The van der Waals surface area contributed by atoms with E-state index in [1.54, 1.807) is 0 Å². The van der Waals surface area contributed by atoms with Gasteiger partial charge in [0.2, 0.25) is 0 Å². The molecule has 0 spiro atoms. The fraction of sp³-hybridized carbons (Fsp3) is 0.444. The summed E-state index contributed by atoms with van der Waals surface area (Å²) >= 11 is 0. The second-order valence-electron chi connectivity index (χ2n) is 5.92. The first-order chi connectivity index (χ1) is 10.6. The van der Waals surface area contributed by atoms with E-state index in [2.05, 4.69) is 25.2 Å². The molecule has 2 rings (SSSR count). The number of esters is 1. The fourth-order valence-electron chi connectivity index (χ4n) is 2.58. The van der Waals surface area contributed by atoms with Crippen LogP contribution in [0, 0.1) is 5.92 Å². The van der Waals surface area contributed by atoms with Gasteiger partial charge >= 0.3 is 5.97 Å². The summed E-state index contributed by atoms with van der Waals surface area (Å²) in [6.07, 6.45) is 6.48. The van der Waals surface area contributed by atoms with Crippen molar-refractivity contribution in [3.63, 3.8) is 0 Å². The number of nitrogens with one attached hydrogen (secondary N) is 1. The smallest absolute Gasteiger partial charge is 0.306 e. The maximum absolute atomic E-state index is 11.9. The number of hydrogen-bond acceptors (Lipinski definition) is 3. The predicted molar refractivity (Wildman–Crippen MR) is 86.6 cm³/mol. The van der Waals surface area contributed by atoms with Crippen LogP contribution in [0.2, 0.25) is 0 Å². The van der Waals surface area contributed by atoms with Crippen LogP contribution in [-0.2, 0) is 14.3 Å². The van der Waals surface area contributed by atoms with Crippen LogP contribution in [0.4, 0.5) is 5.69 Å². The van der Waals surface area contributed by atoms with Crippen LogP contribution in [0.25, 0.3) is 0 Å². The minimum Gasteiger partial charge on any atom is -0.456 e. The number of hydrogen-bond donors (Lipinski definition) is 1. The fourth-order valence-corrected chi connectivity index (χ4v) is 2.58. The van der Waals surface area contributed by atoms with E-state index < -0.39 is 0 Å². The number of carbonyl (C=O) groups is 2. The molecule has 1 aromatic rings. The molecule has 1 aliphatic carbocycles. The number of benzene rings is 1. The Morgan fingerprint density at radius 2 is 2.09 bits per heavy atom. The summed E-state index contributed by atoms with van der Waals surface area (Å²) < 4.78 is 5.05. The maximum atomic E-state index is 11.9. The van der Waals surface area contributed by atoms with E-state index in [4.69, 9.17) is 4.74 Å². The van der Waals surface area contributed by atoms with Gasteiger partial charge in [-0.3, -0.25) is 9.59 Å². The van der Waals surface area contributed by atoms with Crippen LogP contribution < -0.4 is 5.32 Å². The SMILES string of the molecule is CC(C)c1ccccc1NC(=O)COC(=O)C[C@@H]1C=CCC1. The molecule has 0 fully saturated rings. The molecule has 4 heteroatoms. The lowest BCUT2D eigenvalue weighted by Crippen LogP contribution is -2.22. The van der Waals surface area contributed by atoms with Crippen molar-refractivity contribution >= 4 is 17.6 Å². The highest BCUT2D eigenvalue weighted by Gasteiger charge is 2.16. The highest BCUT2D eigenvalue weighted by atomic mass is 16.5. The van der Waals surface area contributed by atoms with Gasteiger partial charge in [0.15, 0.2) is 6.61 Å². The van der Waals surface area contributed by atoms with Crippen LogP contribution in [0.1, 0.15) is 44.6 Å². The molecule has 1 atom stereocenters. The third kappa shape index (κ3) is 4.72. The number of anilines is 1. The zero-order valence-electron chi connectivity index (χ0n) is 13.2. The van der Waals surface area contributed by atoms with E-state index in [0.29, 0.717) is 12.3 Å². The lowest BCUT2D eigenvalue weighted by molar-refractivity contribution is -0.147. The molecule has 1 N–H and O–H groups in total. The molecule has 22 heavy (non-hydrogen) atoms. The highest BCUT2D eigenvalue weighted by Crippen LogP contribution is 2.23. The van der Waals surface area contributed by atoms with Gasteiger partial charge in [0.25, 0.3) is 5.91 Å². The molecule has 0 saturated heterocycles. The second kappa shape index (κ2) is 7.78. The molecular formula is C18H23NO3. The Balaban J connectivity index is 1.80. The van der Waals surface area contributed by atoms with Crippen LogP contribution in [0.15, 0.2) is 36.4 Å². The van der Waals surface area contributed by atoms with Crippen molar-refractivity contribution in [2.45, 2.75) is 39.0 Å². The normalized spacial score (nSPS) is 16.8. The molecule has 1 aliphatic rings. The number of allylic oxidation sites excluding steroid dienone is 2. The summed E-state index contributed by atoms with van der Waals surface area (Å²) in [5, 5.41) is 2.81. The van der Waals surface area contributed by atoms with E-state index in [9.17, 15) is 9.59 Å². The summed E-state index contributed by atoms with van der Waals surface area (Å²) in [5.74, 6) is -0.0438. The van der Waals surface area contributed by atoms with E-state index in [0.717, 1.165) is 24.1 Å². The molecule has 0 aromatic heterocycles. The average molecular weight is 301 g/mol. The van der Waals surface area contributed by atoms with Gasteiger partial charge in [-0.05, 0) is 36.3 Å². The molecule has 1 amide bonds. The summed E-state index contributed by atoms with van der Waals surface area (Å²) in [6, 6.07) is 7.66. The number of para-hydroxylation sites is 1. The van der Waals surface area contributed by atoms with Crippen molar-refractivity contribution in [1.29, 1.82) is 0 Å². The van der Waals surface area contributed by atoms with Gasteiger partial charge in [-0.25, -0.2) is 0 Å². The topological polar surface area (TPSA) is 55.4 Å². The molecule has 118 valence electrons. The van der Waals surface area contributed by atoms with Crippen molar-refractivity contribution in [3.8, 4) is 0 Å². The number of rotatable bonds is 6. The summed E-state index contributed by atoms with van der Waals surface area (Å²) in [5.41, 5.74) is 1.84. The summed E-state index contributed by atoms with van der Waals surface area (Å²) in [6.45, 7) is 3.90. The lowest BCUT2D eigenvalue weighted by Gasteiger charge is -2.14. The molecule has 0 radical (unpaired) electrons. The lowest BCUT2D eigenvalue weighted by atomic mass is 10.0. The molecule has 1 aromatic carbocycles. The van der Waals surface area contributed by atoms with Gasteiger partial charge in [-0.2, -0.15) is 0 Å².